The second kappa shape index (κ2) is 11.9. The van der Waals surface area contributed by atoms with Crippen molar-refractivity contribution in [1.82, 2.24) is 9.80 Å². The molecule has 1 heterocycles. The topological polar surface area (TPSA) is 107 Å². The van der Waals surface area contributed by atoms with E-state index in [9.17, 15) is 14.4 Å². The van der Waals surface area contributed by atoms with Crippen molar-refractivity contribution in [3.63, 3.8) is 0 Å². The van der Waals surface area contributed by atoms with Crippen LogP contribution >= 0.6 is 11.6 Å². The Hall–Kier alpha value is -2.58. The van der Waals surface area contributed by atoms with Crippen LogP contribution in [0.3, 0.4) is 0 Å². The van der Waals surface area contributed by atoms with Gasteiger partial charge >= 0.3 is 18.0 Å². The molecular weight excluding hydrogens is 376 g/mol. The number of piperazine rings is 1. The van der Waals surface area contributed by atoms with E-state index in [1.165, 1.54) is 5.56 Å². The number of hydrogen-bond donors (Lipinski definition) is 2. The van der Waals surface area contributed by atoms with Gasteiger partial charge in [-0.05, 0) is 24.6 Å². The molecule has 1 saturated heterocycles. The molecule has 0 saturated carbocycles. The maximum Gasteiger partial charge on any atom is 0.409 e. The van der Waals surface area contributed by atoms with Crippen LogP contribution in [-0.2, 0) is 20.9 Å². The first kappa shape index (κ1) is 22.5. The smallest absolute Gasteiger partial charge is 0.409 e. The maximum atomic E-state index is 11.6. The summed E-state index contributed by atoms with van der Waals surface area (Å²) in [7, 11) is 0. The van der Waals surface area contributed by atoms with Crippen molar-refractivity contribution in [2.75, 3.05) is 32.8 Å². The molecule has 0 atom stereocenters. The summed E-state index contributed by atoms with van der Waals surface area (Å²) in [5.74, 6) is -2.51. The average Bonchev–Trinajstić information content (AvgIpc) is 2.61. The quantitative estimate of drug-likeness (QED) is 0.733. The summed E-state index contributed by atoms with van der Waals surface area (Å²) in [6, 6.07) is 7.90. The molecule has 0 aliphatic carbocycles. The number of nitrogens with zero attached hydrogens (tertiary/aromatic N) is 2. The van der Waals surface area contributed by atoms with Gasteiger partial charge in [-0.25, -0.2) is 14.4 Å². The van der Waals surface area contributed by atoms with Gasteiger partial charge in [-0.15, -0.1) is 0 Å². The molecule has 0 bridgehead atoms. The van der Waals surface area contributed by atoms with E-state index in [1.54, 1.807) is 4.90 Å². The number of carboxylic acids is 2. The van der Waals surface area contributed by atoms with Gasteiger partial charge in [0.1, 0.15) is 0 Å². The number of amides is 1. The Bertz CT molecular complexity index is 656. The van der Waals surface area contributed by atoms with Crippen LogP contribution in [0.15, 0.2) is 36.4 Å². The molecule has 0 spiro atoms. The Morgan fingerprint density at radius 1 is 1.11 bits per heavy atom. The first-order chi connectivity index (χ1) is 12.8. The Balaban J connectivity index is 0.000000387. The minimum Gasteiger partial charge on any atom is -0.478 e. The Kier molecular flexibility index (Phi) is 9.92. The van der Waals surface area contributed by atoms with Crippen LogP contribution in [0.1, 0.15) is 12.5 Å². The molecule has 1 aliphatic rings. The van der Waals surface area contributed by atoms with E-state index in [2.05, 4.69) is 11.0 Å². The zero-order chi connectivity index (χ0) is 20.2. The van der Waals surface area contributed by atoms with Crippen LogP contribution in [0.5, 0.6) is 0 Å². The van der Waals surface area contributed by atoms with Gasteiger partial charge in [-0.1, -0.05) is 23.7 Å². The number of carboxylic acid groups (broad SMARTS) is 2. The van der Waals surface area contributed by atoms with Crippen LogP contribution in [-0.4, -0.2) is 70.8 Å². The lowest BCUT2D eigenvalue weighted by molar-refractivity contribution is -0.134. The monoisotopic (exact) mass is 398 g/mol. The number of carbonyl (C=O) groups excluding carboxylic acids is 1. The fraction of sp³-hybridized carbons (Fsp3) is 0.389. The second-order valence-corrected chi connectivity index (χ2v) is 6.04. The van der Waals surface area contributed by atoms with Crippen LogP contribution in [0.4, 0.5) is 4.79 Å². The van der Waals surface area contributed by atoms with Crippen molar-refractivity contribution in [1.29, 1.82) is 0 Å². The van der Waals surface area contributed by atoms with Gasteiger partial charge in [-0.3, -0.25) is 4.90 Å². The first-order valence-electron chi connectivity index (χ1n) is 8.34. The van der Waals surface area contributed by atoms with Crippen molar-refractivity contribution >= 4 is 29.6 Å². The molecule has 1 aromatic rings. The van der Waals surface area contributed by atoms with Gasteiger partial charge in [0.25, 0.3) is 0 Å². The molecular formula is C18H23ClN2O6. The molecule has 2 N–H and O–H groups in total. The van der Waals surface area contributed by atoms with Crippen LogP contribution in [0.25, 0.3) is 0 Å². The number of aliphatic carboxylic acids is 2. The summed E-state index contributed by atoms with van der Waals surface area (Å²) in [5.41, 5.74) is 1.21. The molecule has 0 radical (unpaired) electrons. The number of benzene rings is 1. The van der Waals surface area contributed by atoms with Gasteiger partial charge in [0.15, 0.2) is 0 Å². The van der Waals surface area contributed by atoms with Gasteiger partial charge in [0.2, 0.25) is 0 Å². The molecule has 27 heavy (non-hydrogen) atoms. The van der Waals surface area contributed by atoms with Gasteiger partial charge in [0.05, 0.1) is 6.61 Å². The fourth-order valence-corrected chi connectivity index (χ4v) is 2.55. The van der Waals surface area contributed by atoms with Gasteiger partial charge in [-0.2, -0.15) is 0 Å². The molecule has 8 nitrogen and oxygen atoms in total. The van der Waals surface area contributed by atoms with Crippen molar-refractivity contribution in [3.8, 4) is 0 Å². The molecule has 148 valence electrons. The largest absolute Gasteiger partial charge is 0.478 e. The molecule has 0 unspecified atom stereocenters. The SMILES string of the molecule is CCOC(=O)N1CCN(Cc2cccc(Cl)c2)CC1.O=C(O)/C=C/C(=O)O. The summed E-state index contributed by atoms with van der Waals surface area (Å²) in [6.45, 7) is 6.31. The summed E-state index contributed by atoms with van der Waals surface area (Å²) >= 11 is 5.97. The van der Waals surface area contributed by atoms with Crippen molar-refractivity contribution in [3.05, 3.63) is 47.0 Å². The first-order valence-corrected chi connectivity index (χ1v) is 8.72. The lowest BCUT2D eigenvalue weighted by Crippen LogP contribution is -2.48. The van der Waals surface area contributed by atoms with Crippen LogP contribution in [0.2, 0.25) is 5.02 Å². The minimum absolute atomic E-state index is 0.204. The molecule has 0 aromatic heterocycles. The van der Waals surface area contributed by atoms with E-state index in [1.807, 2.05) is 25.1 Å². The molecule has 2 rings (SSSR count). The zero-order valence-electron chi connectivity index (χ0n) is 15.0. The highest BCUT2D eigenvalue weighted by atomic mass is 35.5. The summed E-state index contributed by atoms with van der Waals surface area (Å²) in [5, 5.41) is 16.4. The predicted octanol–water partition coefficient (Wildman–Crippen LogP) is 2.33. The maximum absolute atomic E-state index is 11.6. The van der Waals surface area contributed by atoms with E-state index in [0.717, 1.165) is 37.7 Å². The van der Waals surface area contributed by atoms with E-state index in [0.29, 0.717) is 18.8 Å². The number of halogens is 1. The number of carbonyl (C=O) groups is 3. The normalized spacial score (nSPS) is 14.4. The molecule has 1 amide bonds. The third kappa shape index (κ3) is 9.62. The second-order valence-electron chi connectivity index (χ2n) is 5.60. The zero-order valence-corrected chi connectivity index (χ0v) is 15.8. The third-order valence-corrected chi connectivity index (χ3v) is 3.80. The van der Waals surface area contributed by atoms with Crippen LogP contribution < -0.4 is 0 Å². The summed E-state index contributed by atoms with van der Waals surface area (Å²) in [6.07, 6.45) is 0.912. The number of ether oxygens (including phenoxy) is 1. The highest BCUT2D eigenvalue weighted by Crippen LogP contribution is 2.14. The summed E-state index contributed by atoms with van der Waals surface area (Å²) in [4.78, 5) is 34.8. The number of rotatable bonds is 5. The van der Waals surface area contributed by atoms with Crippen molar-refractivity contribution in [2.24, 2.45) is 0 Å². The van der Waals surface area contributed by atoms with Crippen molar-refractivity contribution in [2.45, 2.75) is 13.5 Å². The Labute approximate surface area is 162 Å². The highest BCUT2D eigenvalue weighted by molar-refractivity contribution is 6.30. The fourth-order valence-electron chi connectivity index (χ4n) is 2.34. The average molecular weight is 399 g/mol. The minimum atomic E-state index is -1.26. The third-order valence-electron chi connectivity index (χ3n) is 3.56. The van der Waals surface area contributed by atoms with Gasteiger partial charge in [0, 0.05) is 49.9 Å². The summed E-state index contributed by atoms with van der Waals surface area (Å²) < 4.78 is 5.00. The molecule has 1 aromatic carbocycles. The number of hydrogen-bond acceptors (Lipinski definition) is 5. The van der Waals surface area contributed by atoms with Gasteiger partial charge < -0.3 is 19.8 Å². The van der Waals surface area contributed by atoms with E-state index >= 15 is 0 Å². The van der Waals surface area contributed by atoms with E-state index in [-0.39, 0.29) is 6.09 Å². The lowest BCUT2D eigenvalue weighted by atomic mass is 10.2. The molecule has 1 aliphatic heterocycles. The van der Waals surface area contributed by atoms with Crippen LogP contribution in [0, 0.1) is 0 Å². The highest BCUT2D eigenvalue weighted by Gasteiger charge is 2.21. The Morgan fingerprint density at radius 3 is 2.19 bits per heavy atom. The molecule has 1 fully saturated rings. The molecule has 9 heteroatoms. The lowest BCUT2D eigenvalue weighted by Gasteiger charge is -2.34. The predicted molar refractivity (Wildman–Crippen MR) is 99.7 cm³/mol. The van der Waals surface area contributed by atoms with E-state index < -0.39 is 11.9 Å². The Morgan fingerprint density at radius 2 is 1.70 bits per heavy atom. The standard InChI is InChI=1S/C14H19ClN2O2.C4H4O4/c1-2-19-14(18)17-8-6-16(7-9-17)11-12-4-3-5-13(15)10-12;5-3(6)1-2-4(7)8/h3-5,10H,2,6-9,11H2,1H3;1-2H,(H,5,6)(H,7,8)/b;2-1+. The van der Waals surface area contributed by atoms with Crippen molar-refractivity contribution < 1.29 is 29.3 Å². The van der Waals surface area contributed by atoms with E-state index in [4.69, 9.17) is 26.6 Å².